The number of rotatable bonds is 7. The van der Waals surface area contributed by atoms with Crippen LogP contribution in [0.2, 0.25) is 0 Å². The van der Waals surface area contributed by atoms with E-state index in [1.165, 1.54) is 0 Å². The first-order chi connectivity index (χ1) is 17.0. The molecule has 10 heteroatoms. The topological polar surface area (TPSA) is 147 Å². The molecule has 0 heterocycles. The minimum atomic E-state index is -4.70. The SMILES string of the molecule is C[C@H](/C=C/[C@@H](C)[C@H]1C[C@H](O)[C@H]2[C@@H]3C[C@@H](O)[C@@]4(O)C[C@@H](O)CC[C@]4(C)[C@H]3CC[C@@]21C)[C@H](C)COS(=O)(=O)[O-].[Na+]. The summed E-state index contributed by atoms with van der Waals surface area (Å²) in [5.74, 6) is 0.678. The van der Waals surface area contributed by atoms with Gasteiger partial charge in [-0.1, -0.05) is 46.8 Å². The average Bonchev–Trinajstić information content (AvgIpc) is 3.08. The zero-order chi connectivity index (χ0) is 27.6. The van der Waals surface area contributed by atoms with E-state index in [4.69, 9.17) is 0 Å². The van der Waals surface area contributed by atoms with Gasteiger partial charge in [-0.3, -0.25) is 4.18 Å². The molecule has 4 saturated carbocycles. The monoisotopic (exact) mass is 566 g/mol. The van der Waals surface area contributed by atoms with Crippen molar-refractivity contribution in [3.63, 3.8) is 0 Å². The van der Waals surface area contributed by atoms with Gasteiger partial charge >= 0.3 is 29.6 Å². The summed E-state index contributed by atoms with van der Waals surface area (Å²) in [6, 6.07) is 0. The third-order valence-electron chi connectivity index (χ3n) is 11.6. The number of fused-ring (bicyclic) bond motifs is 5. The summed E-state index contributed by atoms with van der Waals surface area (Å²) in [6.07, 6.45) is 6.79. The molecule has 4 fully saturated rings. The van der Waals surface area contributed by atoms with E-state index in [0.29, 0.717) is 25.7 Å². The van der Waals surface area contributed by atoms with Gasteiger partial charge in [0.05, 0.1) is 30.5 Å². The predicted octanol–water partition coefficient (Wildman–Crippen LogP) is 0.00800. The molecule has 0 bridgehead atoms. The Bertz CT molecular complexity index is 976. The van der Waals surface area contributed by atoms with Crippen LogP contribution in [0.5, 0.6) is 0 Å². The standard InChI is InChI=1S/C28H48O8S.Na/c1-16(18(3)15-36-37(33,34)35)6-7-17(2)22-13-23(30)25-20-12-24(31)28(32)14-19(29)8-11-27(28,5)21(20)9-10-26(22,25)4;/h6-7,16-25,29-32H,8-15H2,1-5H3,(H,33,34,35);/q;+1/p-1/b7-6+;/t16-,17-,18-,19+,20-,21+,22-,23+,24-,25-,26-,27-,28+;/m1./s1. The van der Waals surface area contributed by atoms with Gasteiger partial charge in [-0.25, -0.2) is 8.42 Å². The molecule has 8 nitrogen and oxygen atoms in total. The van der Waals surface area contributed by atoms with Crippen LogP contribution in [0, 0.1) is 52.3 Å². The van der Waals surface area contributed by atoms with Crippen LogP contribution in [0.15, 0.2) is 12.2 Å². The van der Waals surface area contributed by atoms with E-state index >= 15 is 0 Å². The Morgan fingerprint density at radius 2 is 1.71 bits per heavy atom. The number of hydrogen-bond donors (Lipinski definition) is 4. The molecule has 0 aromatic carbocycles. The van der Waals surface area contributed by atoms with Gasteiger partial charge in [-0.2, -0.15) is 0 Å². The molecule has 0 saturated heterocycles. The van der Waals surface area contributed by atoms with Crippen molar-refractivity contribution >= 4 is 10.4 Å². The molecule has 0 amide bonds. The molecule has 0 aromatic heterocycles. The van der Waals surface area contributed by atoms with Crippen molar-refractivity contribution < 1.29 is 67.1 Å². The Hall–Kier alpha value is 0.450. The van der Waals surface area contributed by atoms with Crippen molar-refractivity contribution in [1.29, 1.82) is 0 Å². The molecule has 4 aliphatic carbocycles. The number of allylic oxidation sites excluding steroid dienone is 2. The Kier molecular flexibility index (Phi) is 10.1. The first kappa shape index (κ1) is 33.0. The Labute approximate surface area is 250 Å². The third-order valence-corrected chi connectivity index (χ3v) is 12.0. The summed E-state index contributed by atoms with van der Waals surface area (Å²) < 4.78 is 36.8. The van der Waals surface area contributed by atoms with E-state index in [2.05, 4.69) is 37.1 Å². The van der Waals surface area contributed by atoms with Crippen molar-refractivity contribution in [2.45, 2.75) is 103 Å². The van der Waals surface area contributed by atoms with Gasteiger partial charge in [0.1, 0.15) is 0 Å². The van der Waals surface area contributed by atoms with Gasteiger partial charge in [0.15, 0.2) is 0 Å². The fourth-order valence-corrected chi connectivity index (χ4v) is 9.59. The molecule has 0 aromatic rings. The van der Waals surface area contributed by atoms with Crippen LogP contribution in [-0.2, 0) is 14.6 Å². The quantitative estimate of drug-likeness (QED) is 0.146. The van der Waals surface area contributed by atoms with Crippen molar-refractivity contribution in [2.75, 3.05) is 6.61 Å². The maximum absolute atomic E-state index is 11.6. The molecule has 4 N–H and O–H groups in total. The van der Waals surface area contributed by atoms with E-state index in [-0.39, 0.29) is 89.4 Å². The summed E-state index contributed by atoms with van der Waals surface area (Å²) in [5.41, 5.74) is -1.87. The Morgan fingerprint density at radius 3 is 2.34 bits per heavy atom. The van der Waals surface area contributed by atoms with Gasteiger partial charge in [0.2, 0.25) is 10.4 Å². The first-order valence-electron chi connectivity index (χ1n) is 14.1. The van der Waals surface area contributed by atoms with Crippen LogP contribution in [0.3, 0.4) is 0 Å². The van der Waals surface area contributed by atoms with Crippen molar-refractivity contribution in [3.05, 3.63) is 12.2 Å². The molecule has 13 atom stereocenters. The summed E-state index contributed by atoms with van der Waals surface area (Å²) >= 11 is 0. The molecule has 0 spiro atoms. The molecule has 0 radical (unpaired) electrons. The van der Waals surface area contributed by atoms with Crippen LogP contribution in [-0.4, -0.2) is 63.9 Å². The predicted molar refractivity (Wildman–Crippen MR) is 138 cm³/mol. The van der Waals surface area contributed by atoms with Gasteiger partial charge in [0.25, 0.3) is 0 Å². The van der Waals surface area contributed by atoms with E-state index in [0.717, 1.165) is 12.8 Å². The van der Waals surface area contributed by atoms with Gasteiger partial charge in [0, 0.05) is 11.8 Å². The van der Waals surface area contributed by atoms with E-state index in [1.807, 2.05) is 13.8 Å². The van der Waals surface area contributed by atoms with Crippen molar-refractivity contribution in [3.8, 4) is 0 Å². The minimum absolute atomic E-state index is 0. The van der Waals surface area contributed by atoms with E-state index in [1.54, 1.807) is 0 Å². The zero-order valence-corrected chi connectivity index (χ0v) is 26.7. The molecule has 4 aliphatic rings. The maximum Gasteiger partial charge on any atom is 1.00 e. The summed E-state index contributed by atoms with van der Waals surface area (Å²) in [6.45, 7) is 10.2. The summed E-state index contributed by atoms with van der Waals surface area (Å²) in [5, 5.41) is 44.6. The van der Waals surface area contributed by atoms with Crippen LogP contribution in [0.25, 0.3) is 0 Å². The fraction of sp³-hybridized carbons (Fsp3) is 0.929. The first-order valence-corrected chi connectivity index (χ1v) is 15.4. The third kappa shape index (κ3) is 5.72. The number of aliphatic hydroxyl groups excluding tert-OH is 3. The summed E-state index contributed by atoms with van der Waals surface area (Å²) in [4.78, 5) is 0. The maximum atomic E-state index is 11.6. The fourth-order valence-electron chi connectivity index (χ4n) is 9.21. The second-order valence-electron chi connectivity index (χ2n) is 13.5. The molecule has 38 heavy (non-hydrogen) atoms. The van der Waals surface area contributed by atoms with Gasteiger partial charge in [-0.05, 0) is 85.4 Å². The van der Waals surface area contributed by atoms with Gasteiger partial charge < -0.3 is 25.0 Å². The molecule has 0 aliphatic heterocycles. The molecular weight excluding hydrogens is 519 g/mol. The van der Waals surface area contributed by atoms with E-state index < -0.39 is 39.7 Å². The Balaban J connectivity index is 0.00000400. The smallest absolute Gasteiger partial charge is 0.726 e. The number of hydrogen-bond acceptors (Lipinski definition) is 8. The Morgan fingerprint density at radius 1 is 1.05 bits per heavy atom. The second kappa shape index (κ2) is 11.6. The van der Waals surface area contributed by atoms with Gasteiger partial charge in [-0.15, -0.1) is 0 Å². The van der Waals surface area contributed by atoms with Crippen LogP contribution in [0.1, 0.15) is 79.6 Å². The number of aliphatic hydroxyl groups is 4. The minimum Gasteiger partial charge on any atom is -0.726 e. The second-order valence-corrected chi connectivity index (χ2v) is 14.6. The average molecular weight is 567 g/mol. The van der Waals surface area contributed by atoms with E-state index in [9.17, 15) is 33.4 Å². The zero-order valence-electron chi connectivity index (χ0n) is 23.9. The van der Waals surface area contributed by atoms with Crippen LogP contribution >= 0.6 is 0 Å². The molecular formula is C28H47NaO8S. The molecule has 214 valence electrons. The largest absolute Gasteiger partial charge is 1.00 e. The normalized spacial score (nSPS) is 47.4. The van der Waals surface area contributed by atoms with Crippen molar-refractivity contribution in [1.82, 2.24) is 0 Å². The molecule has 4 rings (SSSR count). The van der Waals surface area contributed by atoms with Crippen LogP contribution in [0.4, 0.5) is 0 Å². The van der Waals surface area contributed by atoms with Crippen LogP contribution < -0.4 is 29.6 Å². The van der Waals surface area contributed by atoms with Crippen molar-refractivity contribution in [2.24, 2.45) is 52.3 Å². The summed E-state index contributed by atoms with van der Waals surface area (Å²) in [7, 11) is -4.70. The molecule has 0 unspecified atom stereocenters.